The molecule has 2 rings (SSSR count). The van der Waals surface area contributed by atoms with Crippen molar-refractivity contribution in [1.82, 2.24) is 14.8 Å². The molecule has 0 unspecified atom stereocenters. The smallest absolute Gasteiger partial charge is 0.360 e. The summed E-state index contributed by atoms with van der Waals surface area (Å²) in [7, 11) is 0. The molecule has 0 atom stereocenters. The van der Waals surface area contributed by atoms with Gasteiger partial charge in [-0.15, -0.1) is 0 Å². The van der Waals surface area contributed by atoms with E-state index in [1.165, 1.54) is 10.9 Å². The van der Waals surface area contributed by atoms with Crippen LogP contribution in [0.15, 0.2) is 35.5 Å². The Hall–Kier alpha value is -2.50. The molecule has 2 heterocycles. The Labute approximate surface area is 103 Å². The molecule has 0 aromatic carbocycles. The van der Waals surface area contributed by atoms with Gasteiger partial charge >= 0.3 is 5.97 Å². The van der Waals surface area contributed by atoms with Gasteiger partial charge in [-0.2, -0.15) is 5.10 Å². The third kappa shape index (κ3) is 2.13. The number of hydrogen-bond donors (Lipinski definition) is 1. The van der Waals surface area contributed by atoms with Crippen molar-refractivity contribution in [2.45, 2.75) is 13.3 Å². The number of carbonyl (C=O) groups is 1. The summed E-state index contributed by atoms with van der Waals surface area (Å²) in [5, 5.41) is 12.8. The predicted octanol–water partition coefficient (Wildman–Crippen LogP) is 0.888. The maximum absolute atomic E-state index is 11.8. The van der Waals surface area contributed by atoms with Crippen LogP contribution in [0, 0.1) is 0 Å². The standard InChI is InChI=1S/C12H11N3O3/c1-2-8-7-15(9-4-3-5-13-6-9)14-10(11(8)16)12(17)18/h3-7H,2H2,1H3,(H,17,18). The maximum atomic E-state index is 11.8. The van der Waals surface area contributed by atoms with Crippen LogP contribution in [0.2, 0.25) is 0 Å². The molecule has 0 saturated carbocycles. The second kappa shape index (κ2) is 4.79. The van der Waals surface area contributed by atoms with Crippen molar-refractivity contribution in [3.05, 3.63) is 52.2 Å². The molecule has 18 heavy (non-hydrogen) atoms. The Morgan fingerprint density at radius 1 is 1.50 bits per heavy atom. The van der Waals surface area contributed by atoms with Gasteiger partial charge in [-0.1, -0.05) is 6.92 Å². The first kappa shape index (κ1) is 12.0. The normalized spacial score (nSPS) is 10.3. The fraction of sp³-hybridized carbons (Fsp3) is 0.167. The Morgan fingerprint density at radius 2 is 2.28 bits per heavy atom. The van der Waals surface area contributed by atoms with E-state index in [9.17, 15) is 9.59 Å². The van der Waals surface area contributed by atoms with Crippen molar-refractivity contribution in [3.63, 3.8) is 0 Å². The lowest BCUT2D eigenvalue weighted by atomic mass is 10.2. The Balaban J connectivity index is 2.67. The van der Waals surface area contributed by atoms with Gasteiger partial charge in [0.1, 0.15) is 0 Å². The SMILES string of the molecule is CCc1cn(-c2cccnc2)nc(C(=O)O)c1=O. The van der Waals surface area contributed by atoms with Gasteiger partial charge in [-0.05, 0) is 18.6 Å². The lowest BCUT2D eigenvalue weighted by molar-refractivity contribution is 0.0686. The minimum Gasteiger partial charge on any atom is -0.476 e. The number of hydrogen-bond acceptors (Lipinski definition) is 4. The molecular formula is C12H11N3O3. The number of rotatable bonds is 3. The van der Waals surface area contributed by atoms with E-state index in [0.717, 1.165) is 0 Å². The highest BCUT2D eigenvalue weighted by Crippen LogP contribution is 2.05. The average molecular weight is 245 g/mol. The monoisotopic (exact) mass is 245 g/mol. The Bertz CT molecular complexity index is 635. The Kier molecular flexibility index (Phi) is 3.18. The molecule has 0 spiro atoms. The van der Waals surface area contributed by atoms with Crippen LogP contribution in [-0.4, -0.2) is 25.8 Å². The third-order valence-corrected chi connectivity index (χ3v) is 2.49. The molecule has 0 aliphatic heterocycles. The first-order valence-electron chi connectivity index (χ1n) is 5.40. The summed E-state index contributed by atoms with van der Waals surface area (Å²) in [6, 6.07) is 3.44. The first-order valence-corrected chi connectivity index (χ1v) is 5.40. The zero-order valence-electron chi connectivity index (χ0n) is 9.70. The topological polar surface area (TPSA) is 85.1 Å². The number of aromatic carboxylic acids is 1. The van der Waals surface area contributed by atoms with Crippen molar-refractivity contribution >= 4 is 5.97 Å². The van der Waals surface area contributed by atoms with Crippen molar-refractivity contribution in [2.75, 3.05) is 0 Å². The highest BCUT2D eigenvalue weighted by Gasteiger charge is 2.15. The van der Waals surface area contributed by atoms with Crippen molar-refractivity contribution in [1.29, 1.82) is 0 Å². The fourth-order valence-corrected chi connectivity index (χ4v) is 1.55. The number of carboxylic acids is 1. The summed E-state index contributed by atoms with van der Waals surface area (Å²) < 4.78 is 1.36. The lowest BCUT2D eigenvalue weighted by Crippen LogP contribution is -2.24. The summed E-state index contributed by atoms with van der Waals surface area (Å²) in [4.78, 5) is 26.7. The summed E-state index contributed by atoms with van der Waals surface area (Å²) in [6.45, 7) is 1.79. The average Bonchev–Trinajstić information content (AvgIpc) is 2.39. The van der Waals surface area contributed by atoms with Gasteiger partial charge in [0.2, 0.25) is 11.1 Å². The van der Waals surface area contributed by atoms with E-state index in [4.69, 9.17) is 5.11 Å². The number of nitrogens with zero attached hydrogens (tertiary/aromatic N) is 3. The molecule has 2 aromatic heterocycles. The van der Waals surface area contributed by atoms with E-state index in [-0.39, 0.29) is 0 Å². The second-order valence-corrected chi connectivity index (χ2v) is 3.65. The number of aromatic nitrogens is 3. The molecule has 0 amide bonds. The molecule has 0 aliphatic rings. The molecule has 0 bridgehead atoms. The van der Waals surface area contributed by atoms with E-state index in [2.05, 4.69) is 10.1 Å². The van der Waals surface area contributed by atoms with Crippen LogP contribution in [0.1, 0.15) is 23.0 Å². The van der Waals surface area contributed by atoms with Gasteiger partial charge in [0.25, 0.3) is 0 Å². The summed E-state index contributed by atoms with van der Waals surface area (Å²) in [5.41, 5.74) is 0.00398. The molecule has 6 nitrogen and oxygen atoms in total. The van der Waals surface area contributed by atoms with Crippen molar-refractivity contribution in [3.8, 4) is 5.69 Å². The predicted molar refractivity (Wildman–Crippen MR) is 64.0 cm³/mol. The molecule has 0 saturated heterocycles. The van der Waals surface area contributed by atoms with Crippen LogP contribution in [0.4, 0.5) is 0 Å². The van der Waals surface area contributed by atoms with Gasteiger partial charge < -0.3 is 5.11 Å². The van der Waals surface area contributed by atoms with Crippen LogP contribution in [0.5, 0.6) is 0 Å². The molecule has 6 heteroatoms. The quantitative estimate of drug-likeness (QED) is 0.867. The molecule has 92 valence electrons. The summed E-state index contributed by atoms with van der Waals surface area (Å²) >= 11 is 0. The summed E-state index contributed by atoms with van der Waals surface area (Å²) in [6.07, 6.45) is 5.13. The highest BCUT2D eigenvalue weighted by atomic mass is 16.4. The fourth-order valence-electron chi connectivity index (χ4n) is 1.55. The van der Waals surface area contributed by atoms with Crippen LogP contribution < -0.4 is 5.43 Å². The molecule has 2 aromatic rings. The molecular weight excluding hydrogens is 234 g/mol. The van der Waals surface area contributed by atoms with Crippen LogP contribution >= 0.6 is 0 Å². The van der Waals surface area contributed by atoms with Gasteiger partial charge in [0.15, 0.2) is 0 Å². The van der Waals surface area contributed by atoms with E-state index < -0.39 is 17.1 Å². The van der Waals surface area contributed by atoms with Gasteiger partial charge in [-0.25, -0.2) is 9.48 Å². The van der Waals surface area contributed by atoms with Crippen molar-refractivity contribution < 1.29 is 9.90 Å². The largest absolute Gasteiger partial charge is 0.476 e. The number of pyridine rings is 1. The van der Waals surface area contributed by atoms with Crippen molar-refractivity contribution in [2.24, 2.45) is 0 Å². The van der Waals surface area contributed by atoms with Gasteiger partial charge in [0.05, 0.1) is 11.9 Å². The highest BCUT2D eigenvalue weighted by molar-refractivity contribution is 5.85. The van der Waals surface area contributed by atoms with Gasteiger partial charge in [0, 0.05) is 18.0 Å². The molecule has 1 N–H and O–H groups in total. The van der Waals surface area contributed by atoms with Crippen LogP contribution in [0.3, 0.4) is 0 Å². The lowest BCUT2D eigenvalue weighted by Gasteiger charge is -2.07. The zero-order chi connectivity index (χ0) is 13.1. The first-order chi connectivity index (χ1) is 8.63. The van der Waals surface area contributed by atoms with E-state index in [1.807, 2.05) is 0 Å². The molecule has 0 fully saturated rings. The van der Waals surface area contributed by atoms with Crippen LogP contribution in [0.25, 0.3) is 5.69 Å². The van der Waals surface area contributed by atoms with E-state index in [0.29, 0.717) is 17.7 Å². The number of carboxylic acid groups (broad SMARTS) is 1. The van der Waals surface area contributed by atoms with E-state index >= 15 is 0 Å². The minimum atomic E-state index is -1.33. The Morgan fingerprint density at radius 3 is 2.83 bits per heavy atom. The van der Waals surface area contributed by atoms with E-state index in [1.54, 1.807) is 31.5 Å². The molecule has 0 aliphatic carbocycles. The third-order valence-electron chi connectivity index (χ3n) is 2.49. The van der Waals surface area contributed by atoms with Gasteiger partial charge in [-0.3, -0.25) is 9.78 Å². The zero-order valence-corrected chi connectivity index (χ0v) is 9.70. The summed E-state index contributed by atoms with van der Waals surface area (Å²) in [5.74, 6) is -1.33. The van der Waals surface area contributed by atoms with Crippen LogP contribution in [-0.2, 0) is 6.42 Å². The maximum Gasteiger partial charge on any atom is 0.360 e. The number of aryl methyl sites for hydroxylation is 1. The minimum absolute atomic E-state index is 0.409. The molecule has 0 radical (unpaired) electrons. The second-order valence-electron chi connectivity index (χ2n) is 3.65.